The summed E-state index contributed by atoms with van der Waals surface area (Å²) in [4.78, 5) is 26.4. The molecule has 82 valence electrons. The lowest BCUT2D eigenvalue weighted by Crippen LogP contribution is -2.40. The van der Waals surface area contributed by atoms with Gasteiger partial charge >= 0.3 is 11.8 Å². The van der Waals surface area contributed by atoms with Crippen molar-refractivity contribution in [1.29, 1.82) is 0 Å². The van der Waals surface area contributed by atoms with Crippen LogP contribution in [-0.2, 0) is 9.59 Å². The van der Waals surface area contributed by atoms with Gasteiger partial charge in [-0.1, -0.05) is 6.92 Å². The maximum atomic E-state index is 11.3. The molecule has 1 unspecified atom stereocenters. The highest BCUT2D eigenvalue weighted by atomic mass is 32.1. The van der Waals surface area contributed by atoms with Crippen LogP contribution < -0.4 is 10.6 Å². The van der Waals surface area contributed by atoms with Gasteiger partial charge in [0.05, 0.1) is 0 Å². The summed E-state index contributed by atoms with van der Waals surface area (Å²) in [5.41, 5.74) is 0. The SMILES string of the molecule is CCC(C)NC(=O)C(=O)Nc1nccs1. The van der Waals surface area contributed by atoms with E-state index in [4.69, 9.17) is 0 Å². The molecule has 0 aliphatic heterocycles. The zero-order valence-electron chi connectivity index (χ0n) is 8.61. The van der Waals surface area contributed by atoms with Crippen LogP contribution in [0.3, 0.4) is 0 Å². The Labute approximate surface area is 91.9 Å². The van der Waals surface area contributed by atoms with Crippen molar-refractivity contribution in [1.82, 2.24) is 10.3 Å². The van der Waals surface area contributed by atoms with Crippen molar-refractivity contribution in [2.45, 2.75) is 26.3 Å². The van der Waals surface area contributed by atoms with Crippen LogP contribution in [0.4, 0.5) is 5.13 Å². The summed E-state index contributed by atoms with van der Waals surface area (Å²) in [6, 6.07) is -0.000421. The second-order valence-corrected chi connectivity index (χ2v) is 3.97. The van der Waals surface area contributed by atoms with E-state index in [1.807, 2.05) is 13.8 Å². The zero-order valence-corrected chi connectivity index (χ0v) is 9.43. The fourth-order valence-electron chi connectivity index (χ4n) is 0.830. The Morgan fingerprint density at radius 2 is 2.27 bits per heavy atom. The van der Waals surface area contributed by atoms with Gasteiger partial charge < -0.3 is 5.32 Å². The molecule has 0 spiro atoms. The van der Waals surface area contributed by atoms with Crippen molar-refractivity contribution < 1.29 is 9.59 Å². The number of hydrogen-bond acceptors (Lipinski definition) is 4. The van der Waals surface area contributed by atoms with E-state index in [1.165, 1.54) is 11.3 Å². The van der Waals surface area contributed by atoms with Crippen LogP contribution in [-0.4, -0.2) is 22.8 Å². The number of carbonyl (C=O) groups is 2. The number of hydrogen-bond donors (Lipinski definition) is 2. The van der Waals surface area contributed by atoms with Crippen molar-refractivity contribution in [3.8, 4) is 0 Å². The molecule has 0 bridgehead atoms. The fourth-order valence-corrected chi connectivity index (χ4v) is 1.35. The van der Waals surface area contributed by atoms with Gasteiger partial charge in [-0.3, -0.25) is 14.9 Å². The largest absolute Gasteiger partial charge is 0.345 e. The summed E-state index contributed by atoms with van der Waals surface area (Å²) in [5, 5.41) is 7.13. The summed E-state index contributed by atoms with van der Waals surface area (Å²) in [6.45, 7) is 3.78. The number of nitrogens with zero attached hydrogens (tertiary/aromatic N) is 1. The van der Waals surface area contributed by atoms with Gasteiger partial charge in [-0.2, -0.15) is 0 Å². The molecule has 5 nitrogen and oxygen atoms in total. The first-order valence-corrected chi connectivity index (χ1v) is 5.52. The molecule has 0 aliphatic rings. The Hall–Kier alpha value is -1.43. The Balaban J connectivity index is 2.44. The van der Waals surface area contributed by atoms with Crippen LogP contribution in [0.25, 0.3) is 0 Å². The van der Waals surface area contributed by atoms with E-state index < -0.39 is 11.8 Å². The van der Waals surface area contributed by atoms with E-state index in [2.05, 4.69) is 15.6 Å². The summed E-state index contributed by atoms with van der Waals surface area (Å²) in [7, 11) is 0. The maximum absolute atomic E-state index is 11.3. The molecule has 0 fully saturated rings. The molecule has 0 saturated heterocycles. The van der Waals surface area contributed by atoms with E-state index >= 15 is 0 Å². The minimum absolute atomic E-state index is 0.000421. The summed E-state index contributed by atoms with van der Waals surface area (Å²) < 4.78 is 0. The molecule has 1 heterocycles. The topological polar surface area (TPSA) is 71.1 Å². The van der Waals surface area contributed by atoms with Crippen molar-refractivity contribution in [2.24, 2.45) is 0 Å². The quantitative estimate of drug-likeness (QED) is 0.757. The zero-order chi connectivity index (χ0) is 11.3. The number of amides is 2. The molecule has 1 rings (SSSR count). The number of nitrogens with one attached hydrogen (secondary N) is 2. The Morgan fingerprint density at radius 3 is 2.80 bits per heavy atom. The molecule has 0 radical (unpaired) electrons. The van der Waals surface area contributed by atoms with E-state index in [1.54, 1.807) is 11.6 Å². The molecule has 6 heteroatoms. The lowest BCUT2D eigenvalue weighted by Gasteiger charge is -2.09. The van der Waals surface area contributed by atoms with E-state index in [0.717, 1.165) is 6.42 Å². The van der Waals surface area contributed by atoms with Crippen LogP contribution in [0.15, 0.2) is 11.6 Å². The molecule has 0 saturated carbocycles. The average molecular weight is 227 g/mol. The minimum atomic E-state index is -0.676. The predicted molar refractivity (Wildman–Crippen MR) is 58.6 cm³/mol. The molecule has 1 aromatic heterocycles. The number of rotatable bonds is 3. The third-order valence-corrected chi connectivity index (χ3v) is 2.54. The minimum Gasteiger partial charge on any atom is -0.345 e. The molecule has 2 N–H and O–H groups in total. The molecular weight excluding hydrogens is 214 g/mol. The standard InChI is InChI=1S/C9H13N3O2S/c1-3-6(2)11-7(13)8(14)12-9-10-4-5-15-9/h4-6H,3H2,1-2H3,(H,11,13)(H,10,12,14). The van der Waals surface area contributed by atoms with Crippen molar-refractivity contribution in [3.05, 3.63) is 11.6 Å². The third kappa shape index (κ3) is 3.67. The van der Waals surface area contributed by atoms with Gasteiger partial charge in [-0.25, -0.2) is 4.98 Å². The molecule has 0 aromatic carbocycles. The van der Waals surface area contributed by atoms with Crippen LogP contribution >= 0.6 is 11.3 Å². The number of carbonyl (C=O) groups excluding carboxylic acids is 2. The average Bonchev–Trinajstić information content (AvgIpc) is 2.70. The van der Waals surface area contributed by atoms with Gasteiger partial charge in [-0.05, 0) is 13.3 Å². The van der Waals surface area contributed by atoms with Crippen LogP contribution in [0.2, 0.25) is 0 Å². The lowest BCUT2D eigenvalue weighted by molar-refractivity contribution is -0.136. The van der Waals surface area contributed by atoms with Gasteiger partial charge in [0.25, 0.3) is 0 Å². The molecule has 1 atom stereocenters. The lowest BCUT2D eigenvalue weighted by atomic mass is 10.2. The predicted octanol–water partition coefficient (Wildman–Crippen LogP) is 0.996. The monoisotopic (exact) mass is 227 g/mol. The molecular formula is C9H13N3O2S. The first kappa shape index (κ1) is 11.6. The summed E-state index contributed by atoms with van der Waals surface area (Å²) in [5.74, 6) is -1.30. The molecule has 0 aliphatic carbocycles. The number of anilines is 1. The van der Waals surface area contributed by atoms with Crippen LogP contribution in [0, 0.1) is 0 Å². The van der Waals surface area contributed by atoms with Gasteiger partial charge in [0, 0.05) is 17.6 Å². The summed E-state index contributed by atoms with van der Waals surface area (Å²) in [6.07, 6.45) is 2.35. The third-order valence-electron chi connectivity index (χ3n) is 1.85. The second kappa shape index (κ2) is 5.45. The van der Waals surface area contributed by atoms with Gasteiger partial charge in [0.2, 0.25) is 0 Å². The molecule has 2 amide bonds. The highest BCUT2D eigenvalue weighted by molar-refractivity contribution is 7.13. The van der Waals surface area contributed by atoms with E-state index in [-0.39, 0.29) is 6.04 Å². The second-order valence-electron chi connectivity index (χ2n) is 3.07. The first-order valence-electron chi connectivity index (χ1n) is 4.64. The van der Waals surface area contributed by atoms with Gasteiger partial charge in [0.1, 0.15) is 0 Å². The van der Waals surface area contributed by atoms with Crippen LogP contribution in [0.5, 0.6) is 0 Å². The van der Waals surface area contributed by atoms with Crippen molar-refractivity contribution in [3.63, 3.8) is 0 Å². The maximum Gasteiger partial charge on any atom is 0.315 e. The first-order chi connectivity index (χ1) is 7.13. The Bertz CT molecular complexity index is 337. The number of thiazole rings is 1. The van der Waals surface area contributed by atoms with E-state index in [9.17, 15) is 9.59 Å². The smallest absolute Gasteiger partial charge is 0.315 e. The number of aromatic nitrogens is 1. The van der Waals surface area contributed by atoms with Gasteiger partial charge in [-0.15, -0.1) is 11.3 Å². The highest BCUT2D eigenvalue weighted by Gasteiger charge is 2.15. The van der Waals surface area contributed by atoms with Crippen molar-refractivity contribution >= 4 is 28.3 Å². The van der Waals surface area contributed by atoms with Crippen LogP contribution in [0.1, 0.15) is 20.3 Å². The highest BCUT2D eigenvalue weighted by Crippen LogP contribution is 2.09. The van der Waals surface area contributed by atoms with Crippen molar-refractivity contribution in [2.75, 3.05) is 5.32 Å². The van der Waals surface area contributed by atoms with Gasteiger partial charge in [0.15, 0.2) is 5.13 Å². The molecule has 1 aromatic rings. The fraction of sp³-hybridized carbons (Fsp3) is 0.444. The van der Waals surface area contributed by atoms with E-state index in [0.29, 0.717) is 5.13 Å². The Kier molecular flexibility index (Phi) is 4.23. The Morgan fingerprint density at radius 1 is 1.53 bits per heavy atom. The summed E-state index contributed by atoms with van der Waals surface area (Å²) >= 11 is 1.27. The molecule has 15 heavy (non-hydrogen) atoms. The normalized spacial score (nSPS) is 11.9.